The summed E-state index contributed by atoms with van der Waals surface area (Å²) in [7, 11) is 1.78. The van der Waals surface area contributed by atoms with E-state index in [4.69, 9.17) is 9.15 Å². The Bertz CT molecular complexity index is 623. The topological polar surface area (TPSA) is 55.6 Å². The van der Waals surface area contributed by atoms with E-state index in [9.17, 15) is 4.79 Å². The van der Waals surface area contributed by atoms with Crippen molar-refractivity contribution in [3.63, 3.8) is 0 Å². The van der Waals surface area contributed by atoms with E-state index in [1.807, 2.05) is 24.3 Å². The molecular weight excluding hydrogens is 268 g/mol. The highest BCUT2D eigenvalue weighted by atomic mass is 16.5. The van der Waals surface area contributed by atoms with Gasteiger partial charge in [0.25, 0.3) is 0 Å². The SMILES string of the molecule is CN(C[C@@H]1CCCO1)C(=O)/C=C/c1nc2ccccc2o1. The number of benzene rings is 1. The summed E-state index contributed by atoms with van der Waals surface area (Å²) in [6, 6.07) is 7.52. The molecule has 0 saturated carbocycles. The molecule has 110 valence electrons. The van der Waals surface area contributed by atoms with E-state index in [0.29, 0.717) is 12.4 Å². The van der Waals surface area contributed by atoms with Crippen LogP contribution in [0.15, 0.2) is 34.8 Å². The lowest BCUT2D eigenvalue weighted by atomic mass is 10.2. The van der Waals surface area contributed by atoms with E-state index in [1.165, 1.54) is 6.08 Å². The Kier molecular flexibility index (Phi) is 4.01. The van der Waals surface area contributed by atoms with Crippen LogP contribution in [0.5, 0.6) is 0 Å². The first-order valence-corrected chi connectivity index (χ1v) is 7.13. The van der Waals surface area contributed by atoms with Crippen molar-refractivity contribution in [2.75, 3.05) is 20.2 Å². The fraction of sp³-hybridized carbons (Fsp3) is 0.375. The molecule has 0 spiro atoms. The lowest BCUT2D eigenvalue weighted by molar-refractivity contribution is -0.126. The zero-order chi connectivity index (χ0) is 14.7. The van der Waals surface area contributed by atoms with Gasteiger partial charge >= 0.3 is 0 Å². The molecule has 0 radical (unpaired) electrons. The minimum atomic E-state index is -0.0762. The van der Waals surface area contributed by atoms with Gasteiger partial charge in [-0.25, -0.2) is 4.98 Å². The van der Waals surface area contributed by atoms with Gasteiger partial charge in [-0.15, -0.1) is 0 Å². The molecule has 3 rings (SSSR count). The Morgan fingerprint density at radius 1 is 1.48 bits per heavy atom. The fourth-order valence-electron chi connectivity index (χ4n) is 2.41. The van der Waals surface area contributed by atoms with E-state index in [2.05, 4.69) is 4.98 Å². The molecule has 1 atom stereocenters. The second kappa shape index (κ2) is 6.10. The Morgan fingerprint density at radius 3 is 3.10 bits per heavy atom. The van der Waals surface area contributed by atoms with Gasteiger partial charge in [0.1, 0.15) is 5.52 Å². The van der Waals surface area contributed by atoms with Crippen molar-refractivity contribution in [1.82, 2.24) is 9.88 Å². The van der Waals surface area contributed by atoms with Crippen molar-refractivity contribution in [3.8, 4) is 0 Å². The van der Waals surface area contributed by atoms with Gasteiger partial charge in [0.15, 0.2) is 5.58 Å². The van der Waals surface area contributed by atoms with Crippen LogP contribution in [0.25, 0.3) is 17.2 Å². The van der Waals surface area contributed by atoms with Crippen LogP contribution < -0.4 is 0 Å². The first-order valence-electron chi connectivity index (χ1n) is 7.13. The third-order valence-electron chi connectivity index (χ3n) is 3.56. The van der Waals surface area contributed by atoms with E-state index in [-0.39, 0.29) is 12.0 Å². The Labute approximate surface area is 123 Å². The highest BCUT2D eigenvalue weighted by Crippen LogP contribution is 2.16. The van der Waals surface area contributed by atoms with E-state index < -0.39 is 0 Å². The summed E-state index contributed by atoms with van der Waals surface area (Å²) in [5.74, 6) is 0.364. The summed E-state index contributed by atoms with van der Waals surface area (Å²) >= 11 is 0. The molecule has 0 aliphatic carbocycles. The van der Waals surface area contributed by atoms with Crippen molar-refractivity contribution in [2.24, 2.45) is 0 Å². The highest BCUT2D eigenvalue weighted by Gasteiger charge is 2.19. The maximum atomic E-state index is 12.0. The molecule has 5 heteroatoms. The first kappa shape index (κ1) is 13.8. The standard InChI is InChI=1S/C16H18N2O3/c1-18(11-12-5-4-10-20-12)16(19)9-8-15-17-13-6-2-3-7-14(13)21-15/h2-3,6-9,12H,4-5,10-11H2,1H3/b9-8+/t12-/m0/s1. The molecule has 1 aliphatic heterocycles. The monoisotopic (exact) mass is 286 g/mol. The molecule has 0 bridgehead atoms. The normalized spacial score (nSPS) is 18.6. The molecular formula is C16H18N2O3. The van der Waals surface area contributed by atoms with Crippen LogP contribution >= 0.6 is 0 Å². The second-order valence-corrected chi connectivity index (χ2v) is 5.21. The molecule has 2 aromatic rings. The number of para-hydroxylation sites is 2. The molecule has 1 aromatic carbocycles. The van der Waals surface area contributed by atoms with Gasteiger partial charge < -0.3 is 14.1 Å². The average molecular weight is 286 g/mol. The maximum Gasteiger partial charge on any atom is 0.246 e. The van der Waals surface area contributed by atoms with Crippen molar-refractivity contribution in [3.05, 3.63) is 36.2 Å². The Hall–Kier alpha value is -2.14. The van der Waals surface area contributed by atoms with Gasteiger partial charge in [-0.3, -0.25) is 4.79 Å². The van der Waals surface area contributed by atoms with Crippen LogP contribution in [-0.4, -0.2) is 42.1 Å². The van der Waals surface area contributed by atoms with Crippen LogP contribution in [0, 0.1) is 0 Å². The molecule has 0 N–H and O–H groups in total. The zero-order valence-corrected chi connectivity index (χ0v) is 12.0. The predicted octanol–water partition coefficient (Wildman–Crippen LogP) is 2.48. The van der Waals surface area contributed by atoms with Crippen molar-refractivity contribution >= 4 is 23.1 Å². The Morgan fingerprint density at radius 2 is 2.33 bits per heavy atom. The van der Waals surface area contributed by atoms with Gasteiger partial charge in [-0.1, -0.05) is 12.1 Å². The van der Waals surface area contributed by atoms with Gasteiger partial charge in [-0.2, -0.15) is 0 Å². The number of aromatic nitrogens is 1. The number of nitrogens with zero attached hydrogens (tertiary/aromatic N) is 2. The predicted molar refractivity (Wildman–Crippen MR) is 79.7 cm³/mol. The van der Waals surface area contributed by atoms with Crippen LogP contribution in [0.3, 0.4) is 0 Å². The van der Waals surface area contributed by atoms with Gasteiger partial charge in [-0.05, 0) is 25.0 Å². The minimum absolute atomic E-state index is 0.0762. The number of rotatable bonds is 4. The first-order chi connectivity index (χ1) is 10.2. The molecule has 1 aliphatic rings. The zero-order valence-electron chi connectivity index (χ0n) is 12.0. The van der Waals surface area contributed by atoms with Crippen LogP contribution in [-0.2, 0) is 9.53 Å². The molecule has 1 fully saturated rings. The van der Waals surface area contributed by atoms with Gasteiger partial charge in [0.05, 0.1) is 6.10 Å². The number of hydrogen-bond donors (Lipinski definition) is 0. The van der Waals surface area contributed by atoms with Crippen LogP contribution in [0.4, 0.5) is 0 Å². The summed E-state index contributed by atoms with van der Waals surface area (Å²) < 4.78 is 11.1. The number of ether oxygens (including phenoxy) is 1. The fourth-order valence-corrected chi connectivity index (χ4v) is 2.41. The molecule has 1 saturated heterocycles. The van der Waals surface area contributed by atoms with Gasteiger partial charge in [0, 0.05) is 32.4 Å². The molecule has 1 amide bonds. The van der Waals surface area contributed by atoms with E-state index >= 15 is 0 Å². The van der Waals surface area contributed by atoms with Crippen molar-refractivity contribution in [2.45, 2.75) is 18.9 Å². The summed E-state index contributed by atoms with van der Waals surface area (Å²) in [5, 5.41) is 0. The lowest BCUT2D eigenvalue weighted by Crippen LogP contribution is -2.32. The molecule has 5 nitrogen and oxygen atoms in total. The Balaban J connectivity index is 1.62. The smallest absolute Gasteiger partial charge is 0.246 e. The molecule has 21 heavy (non-hydrogen) atoms. The summed E-state index contributed by atoms with van der Waals surface area (Å²) in [6.45, 7) is 1.42. The molecule has 0 unspecified atom stereocenters. The number of carbonyl (C=O) groups excluding carboxylic acids is 1. The average Bonchev–Trinajstić information content (AvgIpc) is 3.13. The third-order valence-corrected chi connectivity index (χ3v) is 3.56. The van der Waals surface area contributed by atoms with E-state index in [0.717, 1.165) is 30.5 Å². The number of fused-ring (bicyclic) bond motifs is 1. The quantitative estimate of drug-likeness (QED) is 0.810. The molecule has 1 aromatic heterocycles. The third kappa shape index (κ3) is 3.31. The highest BCUT2D eigenvalue weighted by molar-refractivity contribution is 5.91. The van der Waals surface area contributed by atoms with Crippen molar-refractivity contribution in [1.29, 1.82) is 0 Å². The summed E-state index contributed by atoms with van der Waals surface area (Å²) in [6.07, 6.45) is 5.35. The van der Waals surface area contributed by atoms with Gasteiger partial charge in [0.2, 0.25) is 11.8 Å². The molecule has 2 heterocycles. The number of carbonyl (C=O) groups is 1. The number of likely N-dealkylation sites (N-methyl/N-ethyl adjacent to an activating group) is 1. The van der Waals surface area contributed by atoms with E-state index in [1.54, 1.807) is 18.0 Å². The maximum absolute atomic E-state index is 12.0. The van der Waals surface area contributed by atoms with Crippen LogP contribution in [0.1, 0.15) is 18.7 Å². The minimum Gasteiger partial charge on any atom is -0.437 e. The summed E-state index contributed by atoms with van der Waals surface area (Å²) in [4.78, 5) is 18.0. The summed E-state index contributed by atoms with van der Waals surface area (Å²) in [5.41, 5.74) is 1.51. The van der Waals surface area contributed by atoms with Crippen LogP contribution in [0.2, 0.25) is 0 Å². The largest absolute Gasteiger partial charge is 0.437 e. The van der Waals surface area contributed by atoms with Crippen molar-refractivity contribution < 1.29 is 13.9 Å². The number of oxazole rings is 1. The number of hydrogen-bond acceptors (Lipinski definition) is 4. The second-order valence-electron chi connectivity index (χ2n) is 5.21. The number of amides is 1. The lowest BCUT2D eigenvalue weighted by Gasteiger charge is -2.19.